The van der Waals surface area contributed by atoms with Crippen molar-refractivity contribution in [2.24, 2.45) is 0 Å². The summed E-state index contributed by atoms with van der Waals surface area (Å²) >= 11 is 0. The summed E-state index contributed by atoms with van der Waals surface area (Å²) in [5.74, 6) is 0. The van der Waals surface area contributed by atoms with E-state index in [1.807, 2.05) is 54.6 Å². The number of aromatic nitrogens is 4. The van der Waals surface area contributed by atoms with Crippen molar-refractivity contribution in [3.63, 3.8) is 0 Å². The molecule has 6 heteroatoms. The van der Waals surface area contributed by atoms with Gasteiger partial charge in [-0.15, -0.1) is 0 Å². The quantitative estimate of drug-likeness (QED) is 0.605. The highest BCUT2D eigenvalue weighted by atomic mass is 16.3. The minimum absolute atomic E-state index is 0.321. The molecule has 6 nitrogen and oxygen atoms in total. The van der Waals surface area contributed by atoms with E-state index in [0.717, 1.165) is 16.7 Å². The van der Waals surface area contributed by atoms with Gasteiger partial charge in [-0.2, -0.15) is 5.10 Å². The fraction of sp³-hybridized carbons (Fsp3) is 0.167. The maximum Gasteiger partial charge on any atom is 0.182 e. The lowest BCUT2D eigenvalue weighted by Crippen LogP contribution is -2.15. The van der Waals surface area contributed by atoms with Gasteiger partial charge in [-0.1, -0.05) is 30.3 Å². The summed E-state index contributed by atoms with van der Waals surface area (Å²) in [6.45, 7) is 1.52. The van der Waals surface area contributed by atoms with Gasteiger partial charge in [0.2, 0.25) is 0 Å². The molecule has 0 spiro atoms. The molecule has 24 heavy (non-hydrogen) atoms. The van der Waals surface area contributed by atoms with Gasteiger partial charge in [0.05, 0.1) is 22.8 Å². The minimum Gasteiger partial charge on any atom is -0.390 e. The maximum atomic E-state index is 10.3. The van der Waals surface area contributed by atoms with Crippen molar-refractivity contribution in [1.29, 1.82) is 0 Å². The zero-order chi connectivity index (χ0) is 16.7. The van der Waals surface area contributed by atoms with E-state index < -0.39 is 12.2 Å². The summed E-state index contributed by atoms with van der Waals surface area (Å²) in [4.78, 5) is 9.27. The first-order chi connectivity index (χ1) is 11.6. The lowest BCUT2D eigenvalue weighted by Gasteiger charge is -2.10. The highest BCUT2D eigenvalue weighted by Crippen LogP contribution is 2.27. The molecule has 0 bridgehead atoms. The van der Waals surface area contributed by atoms with Crippen LogP contribution in [0.25, 0.3) is 27.9 Å². The highest BCUT2D eigenvalue weighted by Gasteiger charge is 2.24. The van der Waals surface area contributed by atoms with Crippen LogP contribution in [0.4, 0.5) is 0 Å². The van der Waals surface area contributed by atoms with Gasteiger partial charge in [0.25, 0.3) is 0 Å². The third-order valence-corrected chi connectivity index (χ3v) is 3.94. The zero-order valence-corrected chi connectivity index (χ0v) is 13.0. The van der Waals surface area contributed by atoms with Crippen molar-refractivity contribution in [2.75, 3.05) is 0 Å². The van der Waals surface area contributed by atoms with Gasteiger partial charge in [0.1, 0.15) is 17.3 Å². The van der Waals surface area contributed by atoms with Crippen LogP contribution in [0.15, 0.2) is 54.6 Å². The molecule has 0 aliphatic rings. The van der Waals surface area contributed by atoms with Crippen LogP contribution < -0.4 is 0 Å². The van der Waals surface area contributed by atoms with Crippen LogP contribution in [0.3, 0.4) is 0 Å². The molecule has 2 N–H and O–H groups in total. The predicted octanol–water partition coefficient (Wildman–Crippen LogP) is 2.38. The Kier molecular flexibility index (Phi) is 3.48. The van der Waals surface area contributed by atoms with Gasteiger partial charge >= 0.3 is 0 Å². The summed E-state index contributed by atoms with van der Waals surface area (Å²) in [5, 5.41) is 24.6. The second-order valence-corrected chi connectivity index (χ2v) is 5.70. The number of para-hydroxylation sites is 3. The van der Waals surface area contributed by atoms with E-state index in [4.69, 9.17) is 0 Å². The Bertz CT molecular complexity index is 1010. The molecule has 2 aromatic carbocycles. The van der Waals surface area contributed by atoms with E-state index in [1.165, 1.54) is 6.92 Å². The van der Waals surface area contributed by atoms with Gasteiger partial charge in [0, 0.05) is 0 Å². The van der Waals surface area contributed by atoms with Gasteiger partial charge in [-0.25, -0.2) is 14.6 Å². The SMILES string of the molecule is C[C@H](O)C(O)c1nn(-c2ccccc2)c2nc3ccccc3nc12. The number of hydrogen-bond donors (Lipinski definition) is 2. The normalized spacial score (nSPS) is 14.1. The number of hydrogen-bond acceptors (Lipinski definition) is 5. The topological polar surface area (TPSA) is 84.1 Å². The molecule has 0 saturated heterocycles. The summed E-state index contributed by atoms with van der Waals surface area (Å²) in [5.41, 5.74) is 3.65. The molecule has 2 heterocycles. The van der Waals surface area contributed by atoms with Crippen LogP contribution in [0.2, 0.25) is 0 Å². The molecule has 0 fully saturated rings. The third kappa shape index (κ3) is 2.33. The van der Waals surface area contributed by atoms with E-state index in [9.17, 15) is 10.2 Å². The number of nitrogens with zero attached hydrogens (tertiary/aromatic N) is 4. The Morgan fingerprint density at radius 2 is 1.50 bits per heavy atom. The molecule has 120 valence electrons. The van der Waals surface area contributed by atoms with Gasteiger partial charge in [0.15, 0.2) is 5.65 Å². The number of aliphatic hydroxyl groups is 2. The van der Waals surface area contributed by atoms with Crippen molar-refractivity contribution in [3.05, 3.63) is 60.3 Å². The van der Waals surface area contributed by atoms with Crippen molar-refractivity contribution < 1.29 is 10.2 Å². The maximum absolute atomic E-state index is 10.3. The van der Waals surface area contributed by atoms with Crippen molar-refractivity contribution in [1.82, 2.24) is 19.7 Å². The summed E-state index contributed by atoms with van der Waals surface area (Å²) in [6, 6.07) is 17.1. The average molecular weight is 320 g/mol. The fourth-order valence-electron chi connectivity index (χ4n) is 2.69. The highest BCUT2D eigenvalue weighted by molar-refractivity contribution is 5.86. The Balaban J connectivity index is 2.07. The first-order valence-electron chi connectivity index (χ1n) is 7.72. The van der Waals surface area contributed by atoms with Crippen LogP contribution in [-0.4, -0.2) is 36.1 Å². The third-order valence-electron chi connectivity index (χ3n) is 3.94. The van der Waals surface area contributed by atoms with E-state index in [1.54, 1.807) is 4.68 Å². The summed E-state index contributed by atoms with van der Waals surface area (Å²) in [6.07, 6.45) is -2.09. The van der Waals surface area contributed by atoms with Crippen LogP contribution in [0, 0.1) is 0 Å². The van der Waals surface area contributed by atoms with E-state index in [-0.39, 0.29) is 0 Å². The van der Waals surface area contributed by atoms with Crippen LogP contribution >= 0.6 is 0 Å². The molecule has 0 radical (unpaired) electrons. The lowest BCUT2D eigenvalue weighted by atomic mass is 10.1. The molecule has 0 aliphatic heterocycles. The van der Waals surface area contributed by atoms with Gasteiger partial charge in [-0.3, -0.25) is 0 Å². The second-order valence-electron chi connectivity index (χ2n) is 5.70. The molecule has 2 aromatic heterocycles. The molecular formula is C18H16N4O2. The van der Waals surface area contributed by atoms with Gasteiger partial charge < -0.3 is 10.2 Å². The minimum atomic E-state index is -1.13. The summed E-state index contributed by atoms with van der Waals surface area (Å²) < 4.78 is 1.65. The Labute approximate surface area is 138 Å². The Morgan fingerprint density at radius 1 is 0.875 bits per heavy atom. The van der Waals surface area contributed by atoms with E-state index in [0.29, 0.717) is 16.9 Å². The largest absolute Gasteiger partial charge is 0.390 e. The number of fused-ring (bicyclic) bond motifs is 2. The van der Waals surface area contributed by atoms with Crippen LogP contribution in [0.5, 0.6) is 0 Å². The van der Waals surface area contributed by atoms with E-state index >= 15 is 0 Å². The molecule has 0 aliphatic carbocycles. The first kappa shape index (κ1) is 14.7. The van der Waals surface area contributed by atoms with Crippen molar-refractivity contribution in [3.8, 4) is 5.69 Å². The molecule has 4 aromatic rings. The Hall–Kier alpha value is -2.83. The second kappa shape index (κ2) is 5.67. The number of rotatable bonds is 3. The van der Waals surface area contributed by atoms with Crippen molar-refractivity contribution >= 4 is 22.2 Å². The molecule has 2 atom stereocenters. The van der Waals surface area contributed by atoms with Gasteiger partial charge in [-0.05, 0) is 31.2 Å². The average Bonchev–Trinajstić information content (AvgIpc) is 2.98. The number of benzene rings is 2. The number of aliphatic hydroxyl groups excluding tert-OH is 2. The molecular weight excluding hydrogens is 304 g/mol. The molecule has 0 amide bonds. The monoisotopic (exact) mass is 320 g/mol. The summed E-state index contributed by atoms with van der Waals surface area (Å²) in [7, 11) is 0. The zero-order valence-electron chi connectivity index (χ0n) is 13.0. The lowest BCUT2D eigenvalue weighted by molar-refractivity contribution is 0.0284. The molecule has 0 saturated carbocycles. The standard InChI is InChI=1S/C18H16N4O2/c1-11(23)17(24)15-16-18(20-14-10-6-5-9-13(14)19-16)22(21-15)12-7-3-2-4-8-12/h2-11,17,23-24H,1H3/t11-,17?/m0/s1. The molecule has 1 unspecified atom stereocenters. The first-order valence-corrected chi connectivity index (χ1v) is 7.72. The fourth-order valence-corrected chi connectivity index (χ4v) is 2.69. The van der Waals surface area contributed by atoms with Crippen LogP contribution in [0.1, 0.15) is 18.7 Å². The van der Waals surface area contributed by atoms with E-state index in [2.05, 4.69) is 15.1 Å². The molecule has 4 rings (SSSR count). The Morgan fingerprint density at radius 3 is 2.17 bits per heavy atom. The van der Waals surface area contributed by atoms with Crippen LogP contribution in [-0.2, 0) is 0 Å². The van der Waals surface area contributed by atoms with Crippen molar-refractivity contribution in [2.45, 2.75) is 19.1 Å². The smallest absolute Gasteiger partial charge is 0.182 e. The predicted molar refractivity (Wildman–Crippen MR) is 90.8 cm³/mol.